The number of likely N-dealkylation sites (N-methyl/N-ethyl adjacent to an activating group) is 1. The van der Waals surface area contributed by atoms with Crippen molar-refractivity contribution in [2.24, 2.45) is 0 Å². The van der Waals surface area contributed by atoms with Crippen molar-refractivity contribution in [3.63, 3.8) is 0 Å². The average molecular weight is 248 g/mol. The molecule has 96 valence electrons. The minimum Gasteiger partial charge on any atom is -0.480 e. The molecule has 1 aromatic rings. The van der Waals surface area contributed by atoms with Gasteiger partial charge in [0.25, 0.3) is 0 Å². The summed E-state index contributed by atoms with van der Waals surface area (Å²) in [5, 5.41) is 11.8. The van der Waals surface area contributed by atoms with E-state index < -0.39 is 12.0 Å². The lowest BCUT2D eigenvalue weighted by Gasteiger charge is -2.29. The van der Waals surface area contributed by atoms with Crippen LogP contribution in [0.1, 0.15) is 18.0 Å². The standard InChI is InChI=1S/C13H16N2O3/c1-15-10(9-5-3-2-4-6-9)7-12(16)14-8-11(15)13(17)18/h2-6,10-11H,7-8H2,1H3,(H,14,16)(H,17,18). The van der Waals surface area contributed by atoms with Crippen molar-refractivity contribution in [3.8, 4) is 0 Å². The van der Waals surface area contributed by atoms with Crippen molar-refractivity contribution < 1.29 is 14.7 Å². The van der Waals surface area contributed by atoms with Gasteiger partial charge in [-0.1, -0.05) is 30.3 Å². The number of carbonyl (C=O) groups excluding carboxylic acids is 1. The lowest BCUT2D eigenvalue weighted by Crippen LogP contribution is -2.44. The van der Waals surface area contributed by atoms with Crippen LogP contribution in [0, 0.1) is 0 Å². The summed E-state index contributed by atoms with van der Waals surface area (Å²) in [4.78, 5) is 24.6. The summed E-state index contributed by atoms with van der Waals surface area (Å²) >= 11 is 0. The van der Waals surface area contributed by atoms with Gasteiger partial charge >= 0.3 is 5.97 Å². The van der Waals surface area contributed by atoms with Gasteiger partial charge in [-0.3, -0.25) is 14.5 Å². The Balaban J connectivity index is 2.31. The molecule has 0 saturated carbocycles. The lowest BCUT2D eigenvalue weighted by atomic mass is 10.0. The van der Waals surface area contributed by atoms with E-state index in [9.17, 15) is 14.7 Å². The molecule has 2 unspecified atom stereocenters. The quantitative estimate of drug-likeness (QED) is 0.805. The topological polar surface area (TPSA) is 69.6 Å². The molecule has 1 heterocycles. The number of nitrogens with one attached hydrogen (secondary N) is 1. The van der Waals surface area contributed by atoms with E-state index in [0.717, 1.165) is 5.56 Å². The maximum atomic E-state index is 11.6. The minimum atomic E-state index is -0.916. The molecule has 0 radical (unpaired) electrons. The van der Waals surface area contributed by atoms with E-state index >= 15 is 0 Å². The van der Waals surface area contributed by atoms with Gasteiger partial charge in [0.2, 0.25) is 5.91 Å². The molecule has 1 saturated heterocycles. The fraction of sp³-hybridized carbons (Fsp3) is 0.385. The summed E-state index contributed by atoms with van der Waals surface area (Å²) in [5.41, 5.74) is 0.961. The Labute approximate surface area is 105 Å². The maximum Gasteiger partial charge on any atom is 0.322 e. The summed E-state index contributed by atoms with van der Waals surface area (Å²) in [6, 6.07) is 8.62. The minimum absolute atomic E-state index is 0.112. The molecule has 0 spiro atoms. The highest BCUT2D eigenvalue weighted by Gasteiger charge is 2.33. The second kappa shape index (κ2) is 5.18. The van der Waals surface area contributed by atoms with Gasteiger partial charge in [-0.25, -0.2) is 0 Å². The van der Waals surface area contributed by atoms with Crippen LogP contribution in [0.2, 0.25) is 0 Å². The molecule has 1 fully saturated rings. The van der Waals surface area contributed by atoms with Crippen molar-refractivity contribution in [2.45, 2.75) is 18.5 Å². The SMILES string of the molecule is CN1C(C(=O)O)CNC(=O)CC1c1ccccc1. The molecule has 0 aromatic heterocycles. The Hall–Kier alpha value is -1.88. The van der Waals surface area contributed by atoms with E-state index in [4.69, 9.17) is 0 Å². The van der Waals surface area contributed by atoms with E-state index in [1.807, 2.05) is 30.3 Å². The number of carboxylic acids is 1. The van der Waals surface area contributed by atoms with Crippen LogP contribution in [0.25, 0.3) is 0 Å². The molecule has 1 amide bonds. The summed E-state index contributed by atoms with van der Waals surface area (Å²) in [7, 11) is 1.75. The number of nitrogens with zero attached hydrogens (tertiary/aromatic N) is 1. The number of hydrogen-bond acceptors (Lipinski definition) is 3. The van der Waals surface area contributed by atoms with Crippen LogP contribution in [0.15, 0.2) is 30.3 Å². The van der Waals surface area contributed by atoms with Gasteiger partial charge in [0.05, 0.1) is 0 Å². The lowest BCUT2D eigenvalue weighted by molar-refractivity contribution is -0.143. The van der Waals surface area contributed by atoms with Crippen LogP contribution >= 0.6 is 0 Å². The number of carboxylic acid groups (broad SMARTS) is 1. The monoisotopic (exact) mass is 248 g/mol. The third-order valence-corrected chi connectivity index (χ3v) is 3.32. The zero-order valence-corrected chi connectivity index (χ0v) is 10.2. The number of aliphatic carboxylic acids is 1. The van der Waals surface area contributed by atoms with Crippen molar-refractivity contribution in [1.82, 2.24) is 10.2 Å². The van der Waals surface area contributed by atoms with E-state index in [0.29, 0.717) is 0 Å². The van der Waals surface area contributed by atoms with E-state index in [1.165, 1.54) is 0 Å². The number of carbonyl (C=O) groups is 2. The van der Waals surface area contributed by atoms with Gasteiger partial charge in [0.1, 0.15) is 6.04 Å². The maximum absolute atomic E-state index is 11.6. The molecule has 18 heavy (non-hydrogen) atoms. The molecule has 2 N–H and O–H groups in total. The average Bonchev–Trinajstić information content (AvgIpc) is 2.50. The molecule has 2 atom stereocenters. The molecule has 1 aliphatic heterocycles. The zero-order valence-electron chi connectivity index (χ0n) is 10.2. The molecular formula is C13H16N2O3. The highest BCUT2D eigenvalue weighted by molar-refractivity contribution is 5.80. The number of hydrogen-bond donors (Lipinski definition) is 2. The second-order valence-corrected chi connectivity index (χ2v) is 4.45. The van der Waals surface area contributed by atoms with Gasteiger partial charge < -0.3 is 10.4 Å². The van der Waals surface area contributed by atoms with Gasteiger partial charge in [0, 0.05) is 19.0 Å². The van der Waals surface area contributed by atoms with Crippen LogP contribution in [-0.4, -0.2) is 41.5 Å². The second-order valence-electron chi connectivity index (χ2n) is 4.45. The smallest absolute Gasteiger partial charge is 0.322 e. The molecule has 1 aromatic carbocycles. The fourth-order valence-electron chi connectivity index (χ4n) is 2.25. The van der Waals surface area contributed by atoms with Gasteiger partial charge in [-0.05, 0) is 12.6 Å². The van der Waals surface area contributed by atoms with Crippen LogP contribution in [-0.2, 0) is 9.59 Å². The Kier molecular flexibility index (Phi) is 3.62. The zero-order chi connectivity index (χ0) is 13.1. The van der Waals surface area contributed by atoms with Crippen molar-refractivity contribution >= 4 is 11.9 Å². The molecule has 5 nitrogen and oxygen atoms in total. The first-order chi connectivity index (χ1) is 8.59. The highest BCUT2D eigenvalue weighted by atomic mass is 16.4. The van der Waals surface area contributed by atoms with Crippen LogP contribution in [0.4, 0.5) is 0 Å². The first kappa shape index (κ1) is 12.6. The summed E-state index contributed by atoms with van der Waals surface area (Å²) in [6.45, 7) is 0.147. The summed E-state index contributed by atoms with van der Waals surface area (Å²) in [5.74, 6) is -1.03. The van der Waals surface area contributed by atoms with Gasteiger partial charge in [-0.2, -0.15) is 0 Å². The Bertz CT molecular complexity index is 447. The normalized spacial score (nSPS) is 25.3. The summed E-state index contributed by atoms with van der Waals surface area (Å²) in [6.07, 6.45) is 0.282. The predicted molar refractivity (Wildman–Crippen MR) is 66.0 cm³/mol. The van der Waals surface area contributed by atoms with E-state index in [1.54, 1.807) is 11.9 Å². The van der Waals surface area contributed by atoms with E-state index in [-0.39, 0.29) is 24.9 Å². The molecule has 2 rings (SSSR count). The molecule has 0 bridgehead atoms. The van der Waals surface area contributed by atoms with Crippen LogP contribution < -0.4 is 5.32 Å². The Morgan fingerprint density at radius 1 is 1.39 bits per heavy atom. The summed E-state index contributed by atoms with van der Waals surface area (Å²) < 4.78 is 0. The van der Waals surface area contributed by atoms with Gasteiger partial charge in [0.15, 0.2) is 0 Å². The first-order valence-corrected chi connectivity index (χ1v) is 5.86. The number of benzene rings is 1. The predicted octanol–water partition coefficient (Wildman–Crippen LogP) is 0.633. The van der Waals surface area contributed by atoms with Crippen LogP contribution in [0.3, 0.4) is 0 Å². The van der Waals surface area contributed by atoms with Crippen molar-refractivity contribution in [2.75, 3.05) is 13.6 Å². The Morgan fingerprint density at radius 2 is 2.06 bits per heavy atom. The van der Waals surface area contributed by atoms with Gasteiger partial charge in [-0.15, -0.1) is 0 Å². The molecule has 5 heteroatoms. The fourth-order valence-corrected chi connectivity index (χ4v) is 2.25. The van der Waals surface area contributed by atoms with Crippen molar-refractivity contribution in [3.05, 3.63) is 35.9 Å². The first-order valence-electron chi connectivity index (χ1n) is 5.86. The van der Waals surface area contributed by atoms with E-state index in [2.05, 4.69) is 5.32 Å². The molecule has 0 aliphatic carbocycles. The number of amides is 1. The van der Waals surface area contributed by atoms with Crippen molar-refractivity contribution in [1.29, 1.82) is 0 Å². The molecular weight excluding hydrogens is 232 g/mol. The number of rotatable bonds is 2. The largest absolute Gasteiger partial charge is 0.480 e. The molecule has 1 aliphatic rings. The third-order valence-electron chi connectivity index (χ3n) is 3.32. The third kappa shape index (κ3) is 2.51. The Morgan fingerprint density at radius 3 is 2.67 bits per heavy atom. The van der Waals surface area contributed by atoms with Crippen LogP contribution in [0.5, 0.6) is 0 Å². The highest BCUT2D eigenvalue weighted by Crippen LogP contribution is 2.26.